The van der Waals surface area contributed by atoms with E-state index in [4.69, 9.17) is 0 Å². The van der Waals surface area contributed by atoms with Gasteiger partial charge in [-0.25, -0.2) is 5.43 Å². The van der Waals surface area contributed by atoms with E-state index >= 15 is 0 Å². The maximum absolute atomic E-state index is 3.46. The molecule has 0 unspecified atom stereocenters. The Hall–Kier alpha value is -0.803. The average Bonchev–Trinajstić information content (AvgIpc) is 2.05. The van der Waals surface area contributed by atoms with Gasteiger partial charge in [0.15, 0.2) is 0 Å². The Balaban J connectivity index is 2.59. The van der Waals surface area contributed by atoms with Crippen molar-refractivity contribution in [1.82, 2.24) is 5.43 Å². The van der Waals surface area contributed by atoms with E-state index in [0.29, 0.717) is 6.04 Å². The summed E-state index contributed by atoms with van der Waals surface area (Å²) < 4.78 is 1.84. The molecule has 0 amide bonds. The van der Waals surface area contributed by atoms with Crippen LogP contribution in [0.25, 0.3) is 0 Å². The molecule has 0 aliphatic heterocycles. The molecule has 0 aromatic heterocycles. The second-order valence-electron chi connectivity index (χ2n) is 2.95. The van der Waals surface area contributed by atoms with Gasteiger partial charge in [-0.15, -0.1) is 0 Å². The van der Waals surface area contributed by atoms with Crippen LogP contribution >= 0.6 is 0 Å². The molecular formula is C9H13N2Si. The summed E-state index contributed by atoms with van der Waals surface area (Å²) in [4.78, 5) is 0. The minimum Gasteiger partial charge on any atom is -0.339 e. The highest BCUT2D eigenvalue weighted by molar-refractivity contribution is 6.17. The van der Waals surface area contributed by atoms with Crippen molar-refractivity contribution in [2.75, 3.05) is 4.67 Å². The molecule has 2 nitrogen and oxygen atoms in total. The standard InChI is InChI=1S/C9H13N2Si/c1-8(2)10-11(12)9-6-4-3-5-7-9/h3-8,10H,1-2H3. The minimum absolute atomic E-state index is 0.419. The van der Waals surface area contributed by atoms with E-state index in [1.807, 2.05) is 35.0 Å². The Morgan fingerprint density at radius 1 is 1.25 bits per heavy atom. The number of rotatable bonds is 3. The summed E-state index contributed by atoms with van der Waals surface area (Å²) in [5.41, 5.74) is 4.31. The third-order valence-corrected chi connectivity index (χ3v) is 1.79. The van der Waals surface area contributed by atoms with E-state index in [1.54, 1.807) is 0 Å². The quantitative estimate of drug-likeness (QED) is 0.556. The molecule has 0 heterocycles. The van der Waals surface area contributed by atoms with E-state index in [0.717, 1.165) is 5.69 Å². The van der Waals surface area contributed by atoms with Crippen LogP contribution in [0.4, 0.5) is 5.69 Å². The predicted octanol–water partition coefficient (Wildman–Crippen LogP) is 1.49. The third-order valence-electron chi connectivity index (χ3n) is 1.40. The first kappa shape index (κ1) is 9.29. The van der Waals surface area contributed by atoms with Gasteiger partial charge in [-0.3, -0.25) is 0 Å². The smallest absolute Gasteiger partial charge is 0.215 e. The summed E-state index contributed by atoms with van der Waals surface area (Å²) in [5.74, 6) is 0. The van der Waals surface area contributed by atoms with Gasteiger partial charge in [0.25, 0.3) is 0 Å². The Morgan fingerprint density at radius 2 is 1.83 bits per heavy atom. The van der Waals surface area contributed by atoms with Crippen LogP contribution < -0.4 is 10.1 Å². The number of hydrogen-bond acceptors (Lipinski definition) is 2. The van der Waals surface area contributed by atoms with Gasteiger partial charge in [0.1, 0.15) is 0 Å². The van der Waals surface area contributed by atoms with Gasteiger partial charge in [0.05, 0.1) is 0 Å². The lowest BCUT2D eigenvalue weighted by atomic mass is 10.3. The van der Waals surface area contributed by atoms with Crippen LogP contribution in [0.5, 0.6) is 0 Å². The molecule has 0 spiro atoms. The molecule has 1 aromatic carbocycles. The van der Waals surface area contributed by atoms with Crippen LogP contribution in [0.3, 0.4) is 0 Å². The van der Waals surface area contributed by atoms with Crippen molar-refractivity contribution in [2.45, 2.75) is 19.9 Å². The van der Waals surface area contributed by atoms with Crippen molar-refractivity contribution in [3.8, 4) is 0 Å². The van der Waals surface area contributed by atoms with Crippen molar-refractivity contribution < 1.29 is 0 Å². The van der Waals surface area contributed by atoms with E-state index in [9.17, 15) is 0 Å². The maximum atomic E-state index is 3.46. The van der Waals surface area contributed by atoms with E-state index in [2.05, 4.69) is 29.7 Å². The van der Waals surface area contributed by atoms with Gasteiger partial charge in [0.2, 0.25) is 10.4 Å². The van der Waals surface area contributed by atoms with Crippen molar-refractivity contribution in [1.29, 1.82) is 0 Å². The van der Waals surface area contributed by atoms with Crippen LogP contribution in [0, 0.1) is 0 Å². The summed E-state index contributed by atoms with van der Waals surface area (Å²) in [5, 5.41) is 0. The Kier molecular flexibility index (Phi) is 3.31. The number of hydrogen-bond donors (Lipinski definition) is 1. The van der Waals surface area contributed by atoms with Gasteiger partial charge in [-0.1, -0.05) is 18.2 Å². The van der Waals surface area contributed by atoms with Crippen LogP contribution in [-0.2, 0) is 0 Å². The number of para-hydroxylation sites is 1. The van der Waals surface area contributed by atoms with Crippen LogP contribution in [0.2, 0.25) is 0 Å². The lowest BCUT2D eigenvalue weighted by molar-refractivity contribution is 0.620. The number of nitrogens with zero attached hydrogens (tertiary/aromatic N) is 1. The monoisotopic (exact) mass is 177 g/mol. The molecule has 1 aromatic rings. The first-order chi connectivity index (χ1) is 5.70. The highest BCUT2D eigenvalue weighted by atomic mass is 28.2. The van der Waals surface area contributed by atoms with Crippen molar-refractivity contribution in [3.05, 3.63) is 30.3 Å². The fraction of sp³-hybridized carbons (Fsp3) is 0.333. The molecule has 3 heteroatoms. The Labute approximate surface area is 77.1 Å². The molecule has 12 heavy (non-hydrogen) atoms. The van der Waals surface area contributed by atoms with Crippen LogP contribution in [0.15, 0.2) is 30.3 Å². The fourth-order valence-corrected chi connectivity index (χ4v) is 1.32. The summed E-state index contributed by atoms with van der Waals surface area (Å²) in [6.07, 6.45) is 0. The molecule has 63 valence electrons. The highest BCUT2D eigenvalue weighted by Crippen LogP contribution is 2.07. The number of benzene rings is 1. The van der Waals surface area contributed by atoms with Crippen molar-refractivity contribution in [2.24, 2.45) is 0 Å². The second-order valence-corrected chi connectivity index (χ2v) is 3.40. The molecule has 0 fully saturated rings. The average molecular weight is 177 g/mol. The van der Waals surface area contributed by atoms with Gasteiger partial charge in [0, 0.05) is 11.7 Å². The predicted molar refractivity (Wildman–Crippen MR) is 52.9 cm³/mol. The molecule has 0 aliphatic carbocycles. The van der Waals surface area contributed by atoms with Crippen LogP contribution in [-0.4, -0.2) is 16.4 Å². The molecule has 0 bridgehead atoms. The number of hydrazine groups is 1. The highest BCUT2D eigenvalue weighted by Gasteiger charge is 1.99. The zero-order valence-electron chi connectivity index (χ0n) is 7.41. The van der Waals surface area contributed by atoms with Crippen molar-refractivity contribution in [3.63, 3.8) is 0 Å². The molecule has 0 aliphatic rings. The molecule has 0 saturated heterocycles. The largest absolute Gasteiger partial charge is 0.339 e. The first-order valence-electron chi connectivity index (χ1n) is 4.02. The third kappa shape index (κ3) is 2.68. The summed E-state index contributed by atoms with van der Waals surface area (Å²) >= 11 is 0. The van der Waals surface area contributed by atoms with Crippen LogP contribution in [0.1, 0.15) is 13.8 Å². The molecule has 1 rings (SSSR count). The SMILES string of the molecule is CC(C)NN([Si])c1ccccc1. The number of anilines is 1. The second kappa shape index (κ2) is 4.28. The molecule has 0 saturated carbocycles. The van der Waals surface area contributed by atoms with Gasteiger partial charge < -0.3 is 4.67 Å². The lowest BCUT2D eigenvalue weighted by Crippen LogP contribution is -2.40. The topological polar surface area (TPSA) is 15.3 Å². The normalized spacial score (nSPS) is 10.3. The van der Waals surface area contributed by atoms with E-state index in [1.165, 1.54) is 0 Å². The summed E-state index contributed by atoms with van der Waals surface area (Å²) in [6, 6.07) is 10.5. The Morgan fingerprint density at radius 3 is 2.33 bits per heavy atom. The molecule has 1 N–H and O–H groups in total. The zero-order valence-corrected chi connectivity index (χ0v) is 8.41. The summed E-state index contributed by atoms with van der Waals surface area (Å²) in [7, 11) is 3.46. The van der Waals surface area contributed by atoms with Gasteiger partial charge in [-0.2, -0.15) is 0 Å². The van der Waals surface area contributed by atoms with Gasteiger partial charge >= 0.3 is 0 Å². The lowest BCUT2D eigenvalue weighted by Gasteiger charge is -2.22. The maximum Gasteiger partial charge on any atom is 0.215 e. The van der Waals surface area contributed by atoms with Gasteiger partial charge in [-0.05, 0) is 26.0 Å². The number of nitrogens with one attached hydrogen (secondary N) is 1. The molecule has 3 radical (unpaired) electrons. The minimum atomic E-state index is 0.419. The van der Waals surface area contributed by atoms with E-state index in [-0.39, 0.29) is 0 Å². The summed E-state index contributed by atoms with van der Waals surface area (Å²) in [6.45, 7) is 4.19. The van der Waals surface area contributed by atoms with E-state index < -0.39 is 0 Å². The molecular weight excluding hydrogens is 164 g/mol. The Bertz CT molecular complexity index is 223. The van der Waals surface area contributed by atoms with Crippen molar-refractivity contribution >= 4 is 16.1 Å². The fourth-order valence-electron chi connectivity index (χ4n) is 0.910. The molecule has 0 atom stereocenters. The first-order valence-corrected chi connectivity index (χ1v) is 4.47. The zero-order chi connectivity index (χ0) is 8.97.